The van der Waals surface area contributed by atoms with Gasteiger partial charge in [0.25, 0.3) is 0 Å². The molecule has 1 aromatic carbocycles. The fourth-order valence-electron chi connectivity index (χ4n) is 2.28. The fraction of sp³-hybridized carbons (Fsp3) is 0.500. The third kappa shape index (κ3) is 3.61. The van der Waals surface area contributed by atoms with E-state index in [1.165, 1.54) is 0 Å². The highest BCUT2D eigenvalue weighted by molar-refractivity contribution is 5.99. The third-order valence-corrected chi connectivity index (χ3v) is 3.46. The number of methoxy groups -OCH3 is 1. The van der Waals surface area contributed by atoms with Crippen molar-refractivity contribution in [1.29, 1.82) is 0 Å². The molecule has 0 radical (unpaired) electrons. The maximum Gasteiger partial charge on any atom is 0.173 e. The van der Waals surface area contributed by atoms with Gasteiger partial charge in [-0.05, 0) is 30.5 Å². The molecule has 4 N–H and O–H groups in total. The summed E-state index contributed by atoms with van der Waals surface area (Å²) in [5.74, 6) is 0.643. The van der Waals surface area contributed by atoms with Gasteiger partial charge in [0.1, 0.15) is 5.75 Å². The number of nitrogens with two attached hydrogens (primary N) is 1. The molecule has 6 nitrogen and oxygen atoms in total. The number of ether oxygens (including phenoxy) is 2. The van der Waals surface area contributed by atoms with Gasteiger partial charge in [-0.15, -0.1) is 0 Å². The molecule has 1 fully saturated rings. The first-order valence-corrected chi connectivity index (χ1v) is 6.70. The van der Waals surface area contributed by atoms with Crippen molar-refractivity contribution >= 4 is 5.84 Å². The Balaban J connectivity index is 2.04. The van der Waals surface area contributed by atoms with E-state index in [-0.39, 0.29) is 5.84 Å². The molecule has 0 amide bonds. The molecule has 6 heteroatoms. The van der Waals surface area contributed by atoms with Crippen molar-refractivity contribution in [1.82, 2.24) is 5.32 Å². The fourth-order valence-corrected chi connectivity index (χ4v) is 2.28. The lowest BCUT2D eigenvalue weighted by Gasteiger charge is -2.23. The largest absolute Gasteiger partial charge is 0.496 e. The third-order valence-electron chi connectivity index (χ3n) is 3.46. The summed E-state index contributed by atoms with van der Waals surface area (Å²) in [6.45, 7) is 2.37. The van der Waals surface area contributed by atoms with Crippen LogP contribution < -0.4 is 15.8 Å². The maximum absolute atomic E-state index is 8.81. The lowest BCUT2D eigenvalue weighted by Crippen LogP contribution is -2.34. The Morgan fingerprint density at radius 1 is 1.50 bits per heavy atom. The molecule has 1 saturated heterocycles. The van der Waals surface area contributed by atoms with Crippen LogP contribution in [0.3, 0.4) is 0 Å². The summed E-state index contributed by atoms with van der Waals surface area (Å²) in [5, 5.41) is 15.3. The predicted molar refractivity (Wildman–Crippen MR) is 76.2 cm³/mol. The van der Waals surface area contributed by atoms with Gasteiger partial charge in [0, 0.05) is 25.8 Å². The monoisotopic (exact) mass is 279 g/mol. The summed E-state index contributed by atoms with van der Waals surface area (Å²) >= 11 is 0. The van der Waals surface area contributed by atoms with Gasteiger partial charge in [0.05, 0.1) is 12.7 Å². The SMILES string of the molecule is COc1ccc(CNC2CCOCC2)cc1C(N)=NO. The van der Waals surface area contributed by atoms with Gasteiger partial charge in [-0.1, -0.05) is 11.2 Å². The van der Waals surface area contributed by atoms with Crippen LogP contribution in [-0.2, 0) is 11.3 Å². The number of nitrogens with one attached hydrogen (secondary N) is 1. The van der Waals surface area contributed by atoms with E-state index < -0.39 is 0 Å². The Morgan fingerprint density at radius 3 is 2.90 bits per heavy atom. The van der Waals surface area contributed by atoms with Crippen molar-refractivity contribution in [3.63, 3.8) is 0 Å². The zero-order valence-electron chi connectivity index (χ0n) is 11.6. The highest BCUT2D eigenvalue weighted by atomic mass is 16.5. The molecule has 0 unspecified atom stereocenters. The Labute approximate surface area is 118 Å². The number of nitrogens with zero attached hydrogens (tertiary/aromatic N) is 1. The van der Waals surface area contributed by atoms with E-state index in [1.54, 1.807) is 7.11 Å². The molecule has 0 bridgehead atoms. The molecule has 2 rings (SSSR count). The molecule has 1 heterocycles. The Kier molecular flexibility index (Phi) is 5.20. The number of oxime groups is 1. The molecule has 0 spiro atoms. The second-order valence-corrected chi connectivity index (χ2v) is 4.79. The zero-order chi connectivity index (χ0) is 14.4. The summed E-state index contributed by atoms with van der Waals surface area (Å²) in [6.07, 6.45) is 2.06. The minimum Gasteiger partial charge on any atom is -0.496 e. The first-order chi connectivity index (χ1) is 9.74. The number of rotatable bonds is 5. The van der Waals surface area contributed by atoms with Crippen molar-refractivity contribution in [2.45, 2.75) is 25.4 Å². The van der Waals surface area contributed by atoms with Gasteiger partial charge in [-0.25, -0.2) is 0 Å². The van der Waals surface area contributed by atoms with Crippen LogP contribution >= 0.6 is 0 Å². The zero-order valence-corrected chi connectivity index (χ0v) is 11.6. The number of hydrogen-bond acceptors (Lipinski definition) is 5. The average Bonchev–Trinajstić information content (AvgIpc) is 2.52. The highest BCUT2D eigenvalue weighted by Crippen LogP contribution is 2.20. The van der Waals surface area contributed by atoms with Gasteiger partial charge >= 0.3 is 0 Å². The van der Waals surface area contributed by atoms with Gasteiger partial charge in [0.2, 0.25) is 0 Å². The van der Waals surface area contributed by atoms with E-state index in [0.29, 0.717) is 17.4 Å². The predicted octanol–water partition coefficient (Wildman–Crippen LogP) is 1.06. The van der Waals surface area contributed by atoms with Crippen LogP contribution in [0.5, 0.6) is 5.75 Å². The van der Waals surface area contributed by atoms with Gasteiger partial charge in [-0.2, -0.15) is 0 Å². The molecule has 0 atom stereocenters. The molecule has 110 valence electrons. The van der Waals surface area contributed by atoms with Gasteiger partial charge < -0.3 is 25.7 Å². The second-order valence-electron chi connectivity index (χ2n) is 4.79. The molecule has 0 aliphatic carbocycles. The van der Waals surface area contributed by atoms with Crippen LogP contribution in [0.25, 0.3) is 0 Å². The van der Waals surface area contributed by atoms with E-state index >= 15 is 0 Å². The van der Waals surface area contributed by atoms with Crippen molar-refractivity contribution in [2.75, 3.05) is 20.3 Å². The van der Waals surface area contributed by atoms with E-state index in [2.05, 4.69) is 10.5 Å². The minimum absolute atomic E-state index is 0.0507. The van der Waals surface area contributed by atoms with E-state index in [0.717, 1.165) is 38.2 Å². The summed E-state index contributed by atoms with van der Waals surface area (Å²) in [6, 6.07) is 6.16. The maximum atomic E-state index is 8.81. The summed E-state index contributed by atoms with van der Waals surface area (Å²) in [7, 11) is 1.56. The van der Waals surface area contributed by atoms with Gasteiger partial charge in [-0.3, -0.25) is 0 Å². The van der Waals surface area contributed by atoms with Gasteiger partial charge in [0.15, 0.2) is 5.84 Å². The highest BCUT2D eigenvalue weighted by Gasteiger charge is 2.14. The Bertz CT molecular complexity index is 471. The van der Waals surface area contributed by atoms with E-state index in [1.807, 2.05) is 18.2 Å². The minimum atomic E-state index is 0.0507. The van der Waals surface area contributed by atoms with Crippen molar-refractivity contribution in [3.05, 3.63) is 29.3 Å². The molecular weight excluding hydrogens is 258 g/mol. The van der Waals surface area contributed by atoms with Crippen LogP contribution in [0.1, 0.15) is 24.0 Å². The number of hydrogen-bond donors (Lipinski definition) is 3. The van der Waals surface area contributed by atoms with Crippen LogP contribution in [0, 0.1) is 0 Å². The molecule has 0 saturated carbocycles. The van der Waals surface area contributed by atoms with Crippen molar-refractivity contribution < 1.29 is 14.7 Å². The number of benzene rings is 1. The first-order valence-electron chi connectivity index (χ1n) is 6.70. The quantitative estimate of drug-likeness (QED) is 0.324. The summed E-state index contributed by atoms with van der Waals surface area (Å²) in [5.41, 5.74) is 7.33. The smallest absolute Gasteiger partial charge is 0.173 e. The van der Waals surface area contributed by atoms with Crippen LogP contribution in [0.15, 0.2) is 23.4 Å². The van der Waals surface area contributed by atoms with Crippen LogP contribution in [0.4, 0.5) is 0 Å². The van der Waals surface area contributed by atoms with Crippen LogP contribution in [0.2, 0.25) is 0 Å². The molecule has 1 aliphatic rings. The molecule has 20 heavy (non-hydrogen) atoms. The summed E-state index contributed by atoms with van der Waals surface area (Å²) < 4.78 is 10.5. The topological polar surface area (TPSA) is 89.1 Å². The molecule has 1 aliphatic heterocycles. The first kappa shape index (κ1) is 14.6. The lowest BCUT2D eigenvalue weighted by atomic mass is 10.1. The van der Waals surface area contributed by atoms with E-state index in [4.69, 9.17) is 20.4 Å². The van der Waals surface area contributed by atoms with Crippen molar-refractivity contribution in [2.24, 2.45) is 10.9 Å². The molecule has 1 aromatic rings. The van der Waals surface area contributed by atoms with Crippen molar-refractivity contribution in [3.8, 4) is 5.75 Å². The van der Waals surface area contributed by atoms with E-state index in [9.17, 15) is 0 Å². The lowest BCUT2D eigenvalue weighted by molar-refractivity contribution is 0.0776. The summed E-state index contributed by atoms with van der Waals surface area (Å²) in [4.78, 5) is 0. The normalized spacial score (nSPS) is 17.1. The standard InChI is InChI=1S/C14H21N3O3/c1-19-13-3-2-10(8-12(13)14(15)17-18)9-16-11-4-6-20-7-5-11/h2-3,8,11,16,18H,4-7,9H2,1H3,(H2,15,17). The average molecular weight is 279 g/mol. The Hall–Kier alpha value is -1.79. The number of amidine groups is 1. The molecule has 0 aromatic heterocycles. The van der Waals surface area contributed by atoms with Crippen LogP contribution in [-0.4, -0.2) is 37.4 Å². The Morgan fingerprint density at radius 2 is 2.25 bits per heavy atom. The second kappa shape index (κ2) is 7.12. The molecular formula is C14H21N3O3.